The molecule has 0 saturated carbocycles. The van der Waals surface area contributed by atoms with Crippen LogP contribution in [0.25, 0.3) is 11.2 Å². The molecule has 0 bridgehead atoms. The van der Waals surface area contributed by atoms with Gasteiger partial charge in [-0.3, -0.25) is 0 Å². The van der Waals surface area contributed by atoms with Crippen LogP contribution in [0.15, 0.2) is 12.3 Å². The molecule has 0 aliphatic heterocycles. The molecule has 0 radical (unpaired) electrons. The maximum absolute atomic E-state index is 5.88. The van der Waals surface area contributed by atoms with Gasteiger partial charge in [0.1, 0.15) is 11.3 Å². The summed E-state index contributed by atoms with van der Waals surface area (Å²) in [7, 11) is 0. The molecular weight excluding hydrogens is 265 g/mol. The van der Waals surface area contributed by atoms with Crippen LogP contribution in [0.1, 0.15) is 5.82 Å². The van der Waals surface area contributed by atoms with E-state index in [9.17, 15) is 0 Å². The Labute approximate surface area is 108 Å². The molecule has 0 amide bonds. The van der Waals surface area contributed by atoms with Crippen molar-refractivity contribution in [2.75, 3.05) is 12.0 Å². The van der Waals surface area contributed by atoms with Gasteiger partial charge in [-0.25, -0.2) is 9.97 Å². The number of fused-ring (bicyclic) bond motifs is 1. The quantitative estimate of drug-likeness (QED) is 0.803. The maximum Gasteiger partial charge on any atom is 0.160 e. The Bertz CT molecular complexity index is 498. The molecular formula is C10H11Cl2N3S. The molecule has 6 heteroatoms. The molecule has 0 spiro atoms. The Hall–Kier alpha value is -0.450. The second kappa shape index (κ2) is 5.25. The summed E-state index contributed by atoms with van der Waals surface area (Å²) in [6, 6.07) is 1.82. The Kier molecular flexibility index (Phi) is 3.95. The molecule has 2 rings (SSSR count). The summed E-state index contributed by atoms with van der Waals surface area (Å²) < 4.78 is 2.05. The number of pyridine rings is 1. The Morgan fingerprint density at radius 1 is 1.50 bits per heavy atom. The van der Waals surface area contributed by atoms with Crippen molar-refractivity contribution in [1.29, 1.82) is 0 Å². The molecule has 16 heavy (non-hydrogen) atoms. The minimum atomic E-state index is 0.391. The van der Waals surface area contributed by atoms with Gasteiger partial charge in [0.2, 0.25) is 0 Å². The molecule has 2 aromatic rings. The number of hydrogen-bond donors (Lipinski definition) is 0. The lowest BCUT2D eigenvalue weighted by atomic mass is 10.4. The zero-order valence-electron chi connectivity index (χ0n) is 8.78. The SMILES string of the molecule is CSCCn1c(CCl)nc2cc(Cl)cnc21. The fourth-order valence-corrected chi connectivity index (χ4v) is 2.27. The lowest BCUT2D eigenvalue weighted by molar-refractivity contribution is 0.748. The molecule has 0 saturated heterocycles. The van der Waals surface area contributed by atoms with Crippen LogP contribution >= 0.6 is 35.0 Å². The fourth-order valence-electron chi connectivity index (χ4n) is 1.55. The highest BCUT2D eigenvalue weighted by Crippen LogP contribution is 2.19. The van der Waals surface area contributed by atoms with Crippen LogP contribution in [0.5, 0.6) is 0 Å². The van der Waals surface area contributed by atoms with Crippen LogP contribution in [-0.4, -0.2) is 26.5 Å². The van der Waals surface area contributed by atoms with E-state index in [0.717, 1.165) is 29.3 Å². The normalized spacial score (nSPS) is 11.2. The number of hydrogen-bond acceptors (Lipinski definition) is 3. The molecule has 86 valence electrons. The number of rotatable bonds is 4. The molecule has 2 aromatic heterocycles. The van der Waals surface area contributed by atoms with Crippen LogP contribution in [0.3, 0.4) is 0 Å². The van der Waals surface area contributed by atoms with E-state index in [1.807, 2.05) is 6.07 Å². The predicted molar refractivity (Wildman–Crippen MR) is 70.5 cm³/mol. The lowest BCUT2D eigenvalue weighted by Crippen LogP contribution is -2.05. The van der Waals surface area contributed by atoms with Crippen molar-refractivity contribution in [2.45, 2.75) is 12.4 Å². The monoisotopic (exact) mass is 275 g/mol. The summed E-state index contributed by atoms with van der Waals surface area (Å²) >= 11 is 13.5. The van der Waals surface area contributed by atoms with E-state index in [4.69, 9.17) is 23.2 Å². The van der Waals surface area contributed by atoms with Gasteiger partial charge < -0.3 is 4.57 Å². The van der Waals surface area contributed by atoms with Gasteiger partial charge in [-0.2, -0.15) is 11.8 Å². The van der Waals surface area contributed by atoms with Gasteiger partial charge in [0.15, 0.2) is 5.65 Å². The average Bonchev–Trinajstić information content (AvgIpc) is 2.63. The van der Waals surface area contributed by atoms with Gasteiger partial charge in [-0.1, -0.05) is 11.6 Å². The molecule has 0 unspecified atom stereocenters. The van der Waals surface area contributed by atoms with E-state index < -0.39 is 0 Å². The number of halogens is 2. The second-order valence-corrected chi connectivity index (χ2v) is 4.99. The van der Waals surface area contributed by atoms with Gasteiger partial charge in [0.25, 0.3) is 0 Å². The highest BCUT2D eigenvalue weighted by Gasteiger charge is 2.10. The van der Waals surface area contributed by atoms with E-state index >= 15 is 0 Å². The largest absolute Gasteiger partial charge is 0.311 e. The fraction of sp³-hybridized carbons (Fsp3) is 0.400. The van der Waals surface area contributed by atoms with E-state index in [1.54, 1.807) is 18.0 Å². The van der Waals surface area contributed by atoms with Crippen LogP contribution in [0.2, 0.25) is 5.02 Å². The van der Waals surface area contributed by atoms with Gasteiger partial charge >= 0.3 is 0 Å². The van der Waals surface area contributed by atoms with Crippen molar-refractivity contribution in [1.82, 2.24) is 14.5 Å². The van der Waals surface area contributed by atoms with Gasteiger partial charge in [-0.05, 0) is 12.3 Å². The molecule has 0 aliphatic rings. The average molecular weight is 276 g/mol. The summed E-state index contributed by atoms with van der Waals surface area (Å²) in [5.41, 5.74) is 1.67. The highest BCUT2D eigenvalue weighted by atomic mass is 35.5. The molecule has 0 atom stereocenters. The van der Waals surface area contributed by atoms with E-state index in [2.05, 4.69) is 20.8 Å². The second-order valence-electron chi connectivity index (χ2n) is 3.30. The molecule has 0 N–H and O–H groups in total. The topological polar surface area (TPSA) is 30.7 Å². The summed E-state index contributed by atoms with van der Waals surface area (Å²) in [6.45, 7) is 0.869. The number of alkyl halides is 1. The number of nitrogens with zero attached hydrogens (tertiary/aromatic N) is 3. The molecule has 3 nitrogen and oxygen atoms in total. The molecule has 0 aromatic carbocycles. The van der Waals surface area contributed by atoms with Crippen LogP contribution in [-0.2, 0) is 12.4 Å². The third-order valence-electron chi connectivity index (χ3n) is 2.27. The van der Waals surface area contributed by atoms with Crippen molar-refractivity contribution in [2.24, 2.45) is 0 Å². The minimum Gasteiger partial charge on any atom is -0.311 e. The van der Waals surface area contributed by atoms with Crippen LogP contribution in [0, 0.1) is 0 Å². The van der Waals surface area contributed by atoms with E-state index in [-0.39, 0.29) is 0 Å². The van der Waals surface area contributed by atoms with Crippen LogP contribution < -0.4 is 0 Å². The Balaban J connectivity index is 2.50. The van der Waals surface area contributed by atoms with Gasteiger partial charge in [0, 0.05) is 18.5 Å². The van der Waals surface area contributed by atoms with Crippen molar-refractivity contribution in [3.63, 3.8) is 0 Å². The molecule has 2 heterocycles. The predicted octanol–water partition coefficient (Wildman–Crippen LogP) is 3.19. The van der Waals surface area contributed by atoms with Crippen molar-refractivity contribution in [3.05, 3.63) is 23.1 Å². The van der Waals surface area contributed by atoms with E-state index in [1.165, 1.54) is 0 Å². The van der Waals surface area contributed by atoms with Gasteiger partial charge in [-0.15, -0.1) is 11.6 Å². The number of thioether (sulfide) groups is 1. The maximum atomic E-state index is 5.88. The summed E-state index contributed by atoms with van der Waals surface area (Å²) in [4.78, 5) is 8.72. The third kappa shape index (κ3) is 2.29. The Morgan fingerprint density at radius 3 is 3.00 bits per heavy atom. The zero-order valence-corrected chi connectivity index (χ0v) is 11.1. The first-order valence-corrected chi connectivity index (χ1v) is 7.12. The lowest BCUT2D eigenvalue weighted by Gasteiger charge is -2.04. The summed E-state index contributed by atoms with van der Waals surface area (Å²) in [6.07, 6.45) is 3.71. The summed E-state index contributed by atoms with van der Waals surface area (Å²) in [5.74, 6) is 2.25. The third-order valence-corrected chi connectivity index (χ3v) is 3.31. The van der Waals surface area contributed by atoms with Crippen molar-refractivity contribution >= 4 is 46.1 Å². The van der Waals surface area contributed by atoms with Crippen molar-refractivity contribution in [3.8, 4) is 0 Å². The van der Waals surface area contributed by atoms with Crippen molar-refractivity contribution < 1.29 is 0 Å². The first-order chi connectivity index (χ1) is 7.76. The zero-order chi connectivity index (χ0) is 11.5. The highest BCUT2D eigenvalue weighted by molar-refractivity contribution is 7.98. The van der Waals surface area contributed by atoms with E-state index in [0.29, 0.717) is 10.9 Å². The first kappa shape index (κ1) is 12.0. The molecule has 0 fully saturated rings. The number of imidazole rings is 1. The Morgan fingerprint density at radius 2 is 2.31 bits per heavy atom. The number of aryl methyl sites for hydroxylation is 1. The molecule has 0 aliphatic carbocycles. The smallest absolute Gasteiger partial charge is 0.160 e. The standard InChI is InChI=1S/C10H11Cl2N3S/c1-16-3-2-15-9(5-11)14-8-4-7(12)6-13-10(8)15/h4,6H,2-3,5H2,1H3. The first-order valence-electron chi connectivity index (χ1n) is 4.82. The van der Waals surface area contributed by atoms with Crippen LogP contribution in [0.4, 0.5) is 0 Å². The summed E-state index contributed by atoms with van der Waals surface area (Å²) in [5, 5.41) is 0.600. The van der Waals surface area contributed by atoms with Gasteiger partial charge in [0.05, 0.1) is 10.9 Å². The minimum absolute atomic E-state index is 0.391. The number of aromatic nitrogens is 3.